The number of amides is 4. The van der Waals surface area contributed by atoms with Crippen molar-refractivity contribution in [3.05, 3.63) is 86.0 Å². The number of carbonyl (C=O) groups excluding carboxylic acids is 3. The topological polar surface area (TPSA) is 254 Å². The van der Waals surface area contributed by atoms with Gasteiger partial charge in [-0.3, -0.25) is 19.1 Å². The normalized spacial score (nSPS) is 15.3. The second-order valence-corrected chi connectivity index (χ2v) is 16.7. The number of piperazine rings is 1. The first-order valence-electron chi connectivity index (χ1n) is 20.4. The van der Waals surface area contributed by atoms with Gasteiger partial charge in [-0.25, -0.2) is 19.2 Å². The maximum Gasteiger partial charge on any atom is 0.490 e. The first-order valence-corrected chi connectivity index (χ1v) is 22.0. The molecule has 18 nitrogen and oxygen atoms in total. The monoisotopic (exact) mass is 1080 g/mol. The fourth-order valence-corrected chi connectivity index (χ4v) is 8.34. The van der Waals surface area contributed by atoms with Crippen LogP contribution in [0.2, 0.25) is 0 Å². The Balaban J connectivity index is 0.000000608. The van der Waals surface area contributed by atoms with Crippen LogP contribution in [-0.2, 0) is 25.6 Å². The van der Waals surface area contributed by atoms with Crippen LogP contribution in [0.4, 0.5) is 36.8 Å². The molecular weight excluding hydrogens is 1040 g/mol. The molecule has 2 fully saturated rings. The minimum absolute atomic E-state index is 0.0146. The average Bonchev–Trinajstić information content (AvgIpc) is 3.63. The number of oxazole rings is 1. The molecule has 2 saturated heterocycles. The van der Waals surface area contributed by atoms with Crippen molar-refractivity contribution >= 4 is 78.4 Å². The predicted octanol–water partition coefficient (Wildman–Crippen LogP) is 5.41. The molecular formula is C41H46Br2F6N8O10. The van der Waals surface area contributed by atoms with Crippen LogP contribution < -0.4 is 27.0 Å². The van der Waals surface area contributed by atoms with E-state index < -0.39 is 54.1 Å². The molecule has 2 aromatic heterocycles. The van der Waals surface area contributed by atoms with E-state index in [0.717, 1.165) is 11.2 Å². The number of urea groups is 1. The van der Waals surface area contributed by atoms with Gasteiger partial charge in [-0.05, 0) is 112 Å². The summed E-state index contributed by atoms with van der Waals surface area (Å²) >= 11 is 6.73. The Kier molecular flexibility index (Phi) is 19.4. The van der Waals surface area contributed by atoms with Crippen LogP contribution >= 0.6 is 31.9 Å². The number of carboxylic acids is 2. The zero-order valence-electron chi connectivity index (χ0n) is 35.2. The van der Waals surface area contributed by atoms with Crippen molar-refractivity contribution in [2.24, 2.45) is 5.73 Å². The van der Waals surface area contributed by atoms with E-state index >= 15 is 0 Å². The van der Waals surface area contributed by atoms with E-state index in [2.05, 4.69) is 52.4 Å². The number of aromatic nitrogens is 2. The van der Waals surface area contributed by atoms with Gasteiger partial charge in [0.2, 0.25) is 11.8 Å². The number of aliphatic carboxylic acids is 2. The van der Waals surface area contributed by atoms with Gasteiger partial charge in [0.25, 0.3) is 0 Å². The molecule has 2 atom stereocenters. The molecule has 0 aliphatic carbocycles. The fraction of sp³-hybridized carbons (Fsp3) is 0.439. The van der Waals surface area contributed by atoms with Crippen molar-refractivity contribution in [3.8, 4) is 5.75 Å². The Morgan fingerprint density at radius 2 is 1.36 bits per heavy atom. The molecule has 4 heterocycles. The van der Waals surface area contributed by atoms with E-state index in [4.69, 9.17) is 30.0 Å². The van der Waals surface area contributed by atoms with E-state index in [1.165, 1.54) is 0 Å². The minimum atomic E-state index is -5.08. The van der Waals surface area contributed by atoms with Gasteiger partial charge in [0.1, 0.15) is 17.8 Å². The highest BCUT2D eigenvalue weighted by atomic mass is 79.9. The van der Waals surface area contributed by atoms with Gasteiger partial charge >= 0.3 is 36.1 Å². The summed E-state index contributed by atoms with van der Waals surface area (Å²) in [5.74, 6) is -6.59. The van der Waals surface area contributed by atoms with Crippen LogP contribution in [0, 0.1) is 0 Å². The summed E-state index contributed by atoms with van der Waals surface area (Å²) in [5, 5.41) is 30.5. The van der Waals surface area contributed by atoms with Crippen molar-refractivity contribution in [2.45, 2.75) is 69.0 Å². The number of unbranched alkanes of at least 4 members (excludes halogenated alkanes) is 1. The van der Waals surface area contributed by atoms with E-state index in [0.29, 0.717) is 98.0 Å². The summed E-state index contributed by atoms with van der Waals surface area (Å²) < 4.78 is 71.4. The number of phenols is 1. The lowest BCUT2D eigenvalue weighted by atomic mass is 10.0. The Hall–Kier alpha value is -5.89. The van der Waals surface area contributed by atoms with Gasteiger partial charge in [0.05, 0.1) is 14.5 Å². The summed E-state index contributed by atoms with van der Waals surface area (Å²) in [4.78, 5) is 82.1. The van der Waals surface area contributed by atoms with E-state index in [1.807, 2.05) is 30.3 Å². The first kappa shape index (κ1) is 53.7. The maximum atomic E-state index is 14.2. The smallest absolute Gasteiger partial charge is 0.490 e. The summed E-state index contributed by atoms with van der Waals surface area (Å²) in [6, 6.07) is 12.1. The Labute approximate surface area is 394 Å². The van der Waals surface area contributed by atoms with Gasteiger partial charge in [-0.2, -0.15) is 26.3 Å². The molecule has 366 valence electrons. The first-order chi connectivity index (χ1) is 31.5. The van der Waals surface area contributed by atoms with Crippen LogP contribution in [0.25, 0.3) is 11.1 Å². The van der Waals surface area contributed by atoms with Crippen molar-refractivity contribution in [1.29, 1.82) is 0 Å². The summed E-state index contributed by atoms with van der Waals surface area (Å²) in [7, 11) is 0. The number of anilines is 1. The van der Waals surface area contributed by atoms with Crippen LogP contribution in [0.15, 0.2) is 79.1 Å². The second kappa shape index (κ2) is 24.2. The molecule has 26 heteroatoms. The molecule has 0 saturated carbocycles. The molecule has 0 spiro atoms. The van der Waals surface area contributed by atoms with E-state index in [9.17, 15) is 50.6 Å². The Morgan fingerprint density at radius 3 is 1.90 bits per heavy atom. The highest BCUT2D eigenvalue weighted by Crippen LogP contribution is 2.34. The van der Waals surface area contributed by atoms with Crippen molar-refractivity contribution in [2.75, 3.05) is 50.7 Å². The minimum Gasteiger partial charge on any atom is -0.506 e. The van der Waals surface area contributed by atoms with Crippen molar-refractivity contribution < 1.29 is 70.1 Å². The second-order valence-electron chi connectivity index (χ2n) is 15.0. The highest BCUT2D eigenvalue weighted by molar-refractivity contribution is 9.11. The van der Waals surface area contributed by atoms with E-state index in [-0.39, 0.29) is 24.1 Å². The Morgan fingerprint density at radius 1 is 0.806 bits per heavy atom. The zero-order chi connectivity index (χ0) is 49.6. The molecule has 0 radical (unpaired) electrons. The summed E-state index contributed by atoms with van der Waals surface area (Å²) in [6.45, 7) is 3.46. The summed E-state index contributed by atoms with van der Waals surface area (Å²) in [5.41, 5.74) is 8.73. The maximum absolute atomic E-state index is 14.2. The SMILES string of the molecule is NCCCC[C@H](NC(=O)[C@@H](Cc1cc(Br)c(O)c(Br)c1)NC(=O)N1CCC(n2c(=O)oc3ccccc32)CC1)C(=O)N1CCN(c2ccncc2)CC1.O=C(O)C(F)(F)F.O=C(O)C(F)(F)F. The number of phenolic OH excluding ortho intramolecular Hbond substituents is 1. The number of hydrogen-bond donors (Lipinski definition) is 6. The number of pyridine rings is 1. The number of para-hydroxylation sites is 2. The molecule has 2 aliphatic heterocycles. The number of carboxylic acid groups (broad SMARTS) is 2. The molecule has 67 heavy (non-hydrogen) atoms. The molecule has 4 aromatic rings. The quantitative estimate of drug-likeness (QED) is 0.0768. The average molecular weight is 1080 g/mol. The molecule has 2 aromatic carbocycles. The number of likely N-dealkylation sites (tertiary alicyclic amines) is 1. The highest BCUT2D eigenvalue weighted by Gasteiger charge is 2.39. The number of fused-ring (bicyclic) bond motifs is 1. The van der Waals surface area contributed by atoms with Crippen molar-refractivity contribution in [1.82, 2.24) is 30.0 Å². The van der Waals surface area contributed by atoms with Crippen LogP contribution in [0.3, 0.4) is 0 Å². The lowest BCUT2D eigenvalue weighted by molar-refractivity contribution is -0.193. The number of halogens is 8. The van der Waals surface area contributed by atoms with E-state index in [1.54, 1.807) is 45.0 Å². The third kappa shape index (κ3) is 15.6. The largest absolute Gasteiger partial charge is 0.506 e. The summed E-state index contributed by atoms with van der Waals surface area (Å²) in [6.07, 6.45) is -3.79. The van der Waals surface area contributed by atoms with Crippen LogP contribution in [0.5, 0.6) is 5.75 Å². The molecule has 0 bridgehead atoms. The number of alkyl halides is 6. The molecule has 6 rings (SSSR count). The number of benzene rings is 2. The number of rotatable bonds is 12. The molecule has 2 aliphatic rings. The zero-order valence-corrected chi connectivity index (χ0v) is 38.4. The number of nitrogens with zero attached hydrogens (tertiary/aromatic N) is 5. The number of nitrogens with one attached hydrogen (secondary N) is 2. The Bertz CT molecular complexity index is 2340. The number of aromatic hydroxyl groups is 1. The molecule has 7 N–H and O–H groups in total. The molecule has 0 unspecified atom stereocenters. The van der Waals surface area contributed by atoms with Crippen LogP contribution in [-0.4, -0.2) is 135 Å². The van der Waals surface area contributed by atoms with Gasteiger partial charge in [0.15, 0.2) is 5.58 Å². The molecule has 4 amide bonds. The number of nitrogens with two attached hydrogens (primary N) is 1. The van der Waals surface area contributed by atoms with Crippen molar-refractivity contribution in [3.63, 3.8) is 0 Å². The third-order valence-corrected chi connectivity index (χ3v) is 11.6. The standard InChI is InChI=1S/C37H44Br2N8O6.2C2HF3O2/c38-27-21-24(22-28(39)33(27)48)23-30(43-36(51)46-15-10-26(11-16-46)47-31-6-1-2-7-32(31)53-37(47)52)34(49)42-29(5-3-4-12-40)35(50)45-19-17-44(18-20-45)25-8-13-41-14-9-25;2*3-2(4,5)1(6)7/h1-2,6-9,13-14,21-22,26,29-30,48H,3-5,10-12,15-20,23,40H2,(H,42,49)(H,43,51);2*(H,6,7)/t29-,30+;;/m0../s1. The lowest BCUT2D eigenvalue weighted by Crippen LogP contribution is -2.59. The van der Waals surface area contributed by atoms with Crippen LogP contribution in [0.1, 0.15) is 43.7 Å². The number of piperidine rings is 1. The predicted molar refractivity (Wildman–Crippen MR) is 235 cm³/mol. The fourth-order valence-electron chi connectivity index (χ4n) is 7.06. The number of hydrogen-bond acceptors (Lipinski definition) is 11. The third-order valence-electron chi connectivity index (χ3n) is 10.4. The van der Waals surface area contributed by atoms with Gasteiger partial charge in [0, 0.05) is 69.8 Å². The van der Waals surface area contributed by atoms with Gasteiger partial charge in [-0.15, -0.1) is 0 Å². The lowest BCUT2D eigenvalue weighted by Gasteiger charge is -2.38. The van der Waals surface area contributed by atoms with Gasteiger partial charge < -0.3 is 50.8 Å². The number of carbonyl (C=O) groups is 5. The van der Waals surface area contributed by atoms with Gasteiger partial charge in [-0.1, -0.05) is 12.1 Å².